The van der Waals surface area contributed by atoms with Gasteiger partial charge in [0.2, 0.25) is 0 Å². The van der Waals surface area contributed by atoms with Crippen LogP contribution in [-0.2, 0) is 25.9 Å². The number of nitrogens with zero attached hydrogens (tertiary/aromatic N) is 2. The zero-order chi connectivity index (χ0) is 19.0. The molecule has 0 aliphatic carbocycles. The first-order valence-electron chi connectivity index (χ1n) is 9.46. The van der Waals surface area contributed by atoms with Crippen LogP contribution in [0, 0.1) is 5.92 Å². The Morgan fingerprint density at radius 1 is 1.48 bits per heavy atom. The Hall–Kier alpha value is -2.54. The number of carbonyl (C=O) groups is 1. The molecule has 0 spiro atoms. The predicted octanol–water partition coefficient (Wildman–Crippen LogP) is 1.67. The van der Waals surface area contributed by atoms with Gasteiger partial charge >= 0.3 is 0 Å². The molecular weight excluding hydrogens is 344 g/mol. The van der Waals surface area contributed by atoms with Gasteiger partial charge in [-0.15, -0.1) is 0 Å². The van der Waals surface area contributed by atoms with Gasteiger partial charge in [0.25, 0.3) is 5.91 Å². The van der Waals surface area contributed by atoms with Gasteiger partial charge in [-0.2, -0.15) is 5.10 Å². The van der Waals surface area contributed by atoms with Gasteiger partial charge in [0, 0.05) is 37.2 Å². The van der Waals surface area contributed by atoms with Crippen LogP contribution in [0.4, 0.5) is 0 Å². The minimum atomic E-state index is -0.395. The summed E-state index contributed by atoms with van der Waals surface area (Å²) in [6, 6.07) is 4.12. The van der Waals surface area contributed by atoms with Crippen molar-refractivity contribution in [1.29, 1.82) is 0 Å². The molecule has 2 aliphatic heterocycles. The lowest BCUT2D eigenvalue weighted by atomic mass is 9.96. The minimum absolute atomic E-state index is 0.210. The van der Waals surface area contributed by atoms with Crippen molar-refractivity contribution in [2.24, 2.45) is 11.7 Å². The van der Waals surface area contributed by atoms with Gasteiger partial charge in [-0.05, 0) is 37.8 Å². The number of primary amides is 1. The molecule has 2 atom stereocenters. The van der Waals surface area contributed by atoms with E-state index in [0.717, 1.165) is 61.7 Å². The number of rotatable bonds is 6. The average molecular weight is 370 g/mol. The molecule has 7 nitrogen and oxygen atoms in total. The van der Waals surface area contributed by atoms with Crippen LogP contribution in [0.1, 0.15) is 40.5 Å². The molecule has 2 aromatic rings. The van der Waals surface area contributed by atoms with Crippen LogP contribution in [0.25, 0.3) is 0 Å². The number of aromatic nitrogens is 2. The number of carbonyl (C=O) groups excluding carboxylic acids is 1. The van der Waals surface area contributed by atoms with Gasteiger partial charge < -0.3 is 20.5 Å². The second-order valence-corrected chi connectivity index (χ2v) is 7.49. The van der Waals surface area contributed by atoms with E-state index in [2.05, 4.69) is 29.5 Å². The number of methoxy groups -OCH3 is 1. The van der Waals surface area contributed by atoms with Crippen molar-refractivity contribution in [1.82, 2.24) is 15.1 Å². The smallest absolute Gasteiger partial charge is 0.252 e. The predicted molar refractivity (Wildman–Crippen MR) is 101 cm³/mol. The Labute approximate surface area is 158 Å². The SMILES string of the molecule is COc1cc(CNCC2CCc3c(C(N)=O)cnn3C2)c2c(c1)CC(C)O2. The summed E-state index contributed by atoms with van der Waals surface area (Å²) in [6.45, 7) is 4.51. The quantitative estimate of drug-likeness (QED) is 0.807. The number of nitrogens with two attached hydrogens (primary N) is 1. The zero-order valence-corrected chi connectivity index (χ0v) is 15.8. The topological polar surface area (TPSA) is 91.4 Å². The van der Waals surface area contributed by atoms with E-state index in [-0.39, 0.29) is 6.10 Å². The fourth-order valence-corrected chi connectivity index (χ4v) is 4.12. The van der Waals surface area contributed by atoms with Crippen LogP contribution >= 0.6 is 0 Å². The van der Waals surface area contributed by atoms with Crippen molar-refractivity contribution in [3.05, 3.63) is 40.7 Å². The van der Waals surface area contributed by atoms with Crippen LogP contribution in [0.15, 0.2) is 18.3 Å². The molecule has 0 fully saturated rings. The molecule has 0 saturated carbocycles. The van der Waals surface area contributed by atoms with Crippen molar-refractivity contribution in [2.75, 3.05) is 13.7 Å². The number of nitrogens with one attached hydrogen (secondary N) is 1. The summed E-state index contributed by atoms with van der Waals surface area (Å²) < 4.78 is 13.4. The Morgan fingerprint density at radius 2 is 2.33 bits per heavy atom. The van der Waals surface area contributed by atoms with Gasteiger partial charge in [0.05, 0.1) is 24.6 Å². The highest BCUT2D eigenvalue weighted by atomic mass is 16.5. The van der Waals surface area contributed by atoms with E-state index in [4.69, 9.17) is 15.2 Å². The third kappa shape index (κ3) is 3.51. The second kappa shape index (κ2) is 7.23. The summed E-state index contributed by atoms with van der Waals surface area (Å²) in [6.07, 6.45) is 4.57. The first-order chi connectivity index (χ1) is 13.0. The lowest BCUT2D eigenvalue weighted by Crippen LogP contribution is -2.31. The maximum Gasteiger partial charge on any atom is 0.252 e. The number of hydrogen-bond donors (Lipinski definition) is 2. The number of fused-ring (bicyclic) bond motifs is 2. The highest BCUT2D eigenvalue weighted by Crippen LogP contribution is 2.36. The van der Waals surface area contributed by atoms with E-state index in [9.17, 15) is 4.79 Å². The van der Waals surface area contributed by atoms with E-state index in [1.165, 1.54) is 5.56 Å². The largest absolute Gasteiger partial charge is 0.497 e. The fraction of sp³-hybridized carbons (Fsp3) is 0.500. The van der Waals surface area contributed by atoms with Crippen molar-refractivity contribution in [3.8, 4) is 11.5 Å². The average Bonchev–Trinajstić information content (AvgIpc) is 3.23. The monoisotopic (exact) mass is 370 g/mol. The fourth-order valence-electron chi connectivity index (χ4n) is 4.12. The molecule has 144 valence electrons. The maximum atomic E-state index is 11.4. The van der Waals surface area contributed by atoms with Gasteiger partial charge in [-0.1, -0.05) is 0 Å². The molecule has 0 bridgehead atoms. The summed E-state index contributed by atoms with van der Waals surface area (Å²) in [5.74, 6) is 1.95. The Bertz CT molecular complexity index is 861. The van der Waals surface area contributed by atoms with E-state index >= 15 is 0 Å². The molecule has 2 unspecified atom stereocenters. The second-order valence-electron chi connectivity index (χ2n) is 7.49. The molecule has 0 saturated heterocycles. The third-order valence-electron chi connectivity index (χ3n) is 5.46. The number of benzene rings is 1. The molecule has 0 radical (unpaired) electrons. The summed E-state index contributed by atoms with van der Waals surface area (Å²) in [7, 11) is 1.70. The van der Waals surface area contributed by atoms with Crippen molar-refractivity contribution in [2.45, 2.75) is 45.4 Å². The molecule has 27 heavy (non-hydrogen) atoms. The number of ether oxygens (including phenoxy) is 2. The van der Waals surface area contributed by atoms with Gasteiger partial charge in [-0.3, -0.25) is 9.48 Å². The highest BCUT2D eigenvalue weighted by Gasteiger charge is 2.25. The summed E-state index contributed by atoms with van der Waals surface area (Å²) in [4.78, 5) is 11.4. The van der Waals surface area contributed by atoms with Crippen LogP contribution in [0.3, 0.4) is 0 Å². The van der Waals surface area contributed by atoms with Crippen molar-refractivity contribution >= 4 is 5.91 Å². The molecule has 3 heterocycles. The molecule has 7 heteroatoms. The Balaban J connectivity index is 1.38. The molecule has 1 amide bonds. The lowest BCUT2D eigenvalue weighted by Gasteiger charge is -2.24. The van der Waals surface area contributed by atoms with Crippen LogP contribution < -0.4 is 20.5 Å². The lowest BCUT2D eigenvalue weighted by molar-refractivity contribution is 0.0998. The number of amides is 1. The van der Waals surface area contributed by atoms with Gasteiger partial charge in [0.15, 0.2) is 0 Å². The molecular formula is C20H26N4O3. The van der Waals surface area contributed by atoms with E-state index < -0.39 is 5.91 Å². The zero-order valence-electron chi connectivity index (χ0n) is 15.8. The maximum absolute atomic E-state index is 11.4. The Morgan fingerprint density at radius 3 is 3.11 bits per heavy atom. The van der Waals surface area contributed by atoms with Crippen molar-refractivity contribution < 1.29 is 14.3 Å². The summed E-state index contributed by atoms with van der Waals surface area (Å²) in [5, 5.41) is 7.88. The van der Waals surface area contributed by atoms with Crippen LogP contribution in [0.2, 0.25) is 0 Å². The first kappa shape index (κ1) is 17.9. The molecule has 1 aromatic carbocycles. The van der Waals surface area contributed by atoms with E-state index in [1.807, 2.05) is 4.68 Å². The summed E-state index contributed by atoms with van der Waals surface area (Å²) >= 11 is 0. The normalized spacial score (nSPS) is 20.7. The standard InChI is InChI=1S/C20H26N4O3/c1-12-5-14-6-16(26-2)7-15(19(14)27-12)9-22-8-13-3-4-18-17(20(21)25)10-23-24(18)11-13/h6-7,10,12-13,22H,3-5,8-9,11H2,1-2H3,(H2,21,25). The van der Waals surface area contributed by atoms with Crippen molar-refractivity contribution in [3.63, 3.8) is 0 Å². The highest BCUT2D eigenvalue weighted by molar-refractivity contribution is 5.93. The minimum Gasteiger partial charge on any atom is -0.497 e. The van der Waals surface area contributed by atoms with E-state index in [0.29, 0.717) is 11.5 Å². The van der Waals surface area contributed by atoms with Gasteiger partial charge in [0.1, 0.15) is 17.6 Å². The molecule has 3 N–H and O–H groups in total. The third-order valence-corrected chi connectivity index (χ3v) is 5.46. The molecule has 1 aromatic heterocycles. The van der Waals surface area contributed by atoms with Crippen LogP contribution in [-0.4, -0.2) is 35.4 Å². The molecule has 4 rings (SSSR count). The Kier molecular flexibility index (Phi) is 4.78. The summed E-state index contributed by atoms with van der Waals surface area (Å²) in [5.41, 5.74) is 9.29. The van der Waals surface area contributed by atoms with Gasteiger partial charge in [-0.25, -0.2) is 0 Å². The molecule has 2 aliphatic rings. The number of hydrogen-bond acceptors (Lipinski definition) is 5. The first-order valence-corrected chi connectivity index (χ1v) is 9.46. The van der Waals surface area contributed by atoms with E-state index in [1.54, 1.807) is 13.3 Å². The van der Waals surface area contributed by atoms with Crippen LogP contribution in [0.5, 0.6) is 11.5 Å².